The van der Waals surface area contributed by atoms with Crippen LogP contribution < -0.4 is 4.74 Å². The second-order valence-corrected chi connectivity index (χ2v) is 9.89. The van der Waals surface area contributed by atoms with Crippen LogP contribution in [0.3, 0.4) is 0 Å². The summed E-state index contributed by atoms with van der Waals surface area (Å²) in [5.41, 5.74) is 1.84. The fourth-order valence-corrected chi connectivity index (χ4v) is 5.75. The molecule has 24 heavy (non-hydrogen) atoms. The average molecular weight is 328 g/mol. The van der Waals surface area contributed by atoms with Gasteiger partial charge in [0.1, 0.15) is 5.75 Å². The first-order valence-electron chi connectivity index (χ1n) is 9.75. The van der Waals surface area contributed by atoms with E-state index >= 15 is 0 Å². The van der Waals surface area contributed by atoms with E-state index in [9.17, 15) is 0 Å². The van der Waals surface area contributed by atoms with E-state index in [1.165, 1.54) is 44.1 Å². The van der Waals surface area contributed by atoms with Crippen molar-refractivity contribution in [2.24, 2.45) is 23.2 Å². The van der Waals surface area contributed by atoms with Crippen LogP contribution in [-0.2, 0) is 11.2 Å². The van der Waals surface area contributed by atoms with Crippen molar-refractivity contribution in [3.8, 4) is 5.75 Å². The molecular weight excluding hydrogens is 296 g/mol. The third-order valence-corrected chi connectivity index (χ3v) is 6.23. The van der Waals surface area contributed by atoms with Crippen LogP contribution >= 0.6 is 0 Å². The van der Waals surface area contributed by atoms with E-state index in [-0.39, 0.29) is 5.60 Å². The Hall–Kier alpha value is -1.02. The molecule has 132 valence electrons. The summed E-state index contributed by atoms with van der Waals surface area (Å²) in [7, 11) is 0. The summed E-state index contributed by atoms with van der Waals surface area (Å²) < 4.78 is 12.2. The number of rotatable bonds is 5. The molecule has 4 aliphatic carbocycles. The zero-order valence-electron chi connectivity index (χ0n) is 15.5. The zero-order chi connectivity index (χ0) is 16.8. The lowest BCUT2D eigenvalue weighted by Crippen LogP contribution is -2.52. The predicted octanol–water partition coefficient (Wildman–Crippen LogP) is 5.60. The molecule has 0 spiro atoms. The first-order valence-corrected chi connectivity index (χ1v) is 9.75. The Balaban J connectivity index is 1.30. The van der Waals surface area contributed by atoms with Crippen LogP contribution in [0.15, 0.2) is 24.3 Å². The smallest absolute Gasteiger partial charge is 0.189 e. The Morgan fingerprint density at radius 2 is 1.46 bits per heavy atom. The van der Waals surface area contributed by atoms with Crippen molar-refractivity contribution < 1.29 is 9.47 Å². The minimum absolute atomic E-state index is 0.140. The highest BCUT2D eigenvalue weighted by Gasteiger charge is 2.51. The Morgan fingerprint density at radius 3 is 1.96 bits per heavy atom. The maximum atomic E-state index is 6.33. The minimum atomic E-state index is 0.140. The van der Waals surface area contributed by atoms with Gasteiger partial charge in [-0.05, 0) is 85.8 Å². The van der Waals surface area contributed by atoms with Gasteiger partial charge in [-0.25, -0.2) is 0 Å². The molecule has 4 fully saturated rings. The van der Waals surface area contributed by atoms with Crippen molar-refractivity contribution in [2.45, 2.75) is 71.3 Å². The molecule has 2 heteroatoms. The van der Waals surface area contributed by atoms with Crippen molar-refractivity contribution in [3.63, 3.8) is 0 Å². The molecule has 1 aromatic rings. The second kappa shape index (κ2) is 6.05. The summed E-state index contributed by atoms with van der Waals surface area (Å²) in [6.45, 7) is 7.23. The SMILES string of the molecule is CC(C)(C)Cc1ccc(OCOC23CC4CC(CC(C4)C2)C3)cc1. The van der Waals surface area contributed by atoms with Gasteiger partial charge in [0.2, 0.25) is 0 Å². The third-order valence-electron chi connectivity index (χ3n) is 6.23. The van der Waals surface area contributed by atoms with Crippen LogP contribution in [0.25, 0.3) is 0 Å². The molecule has 4 bridgehead atoms. The van der Waals surface area contributed by atoms with Gasteiger partial charge in [-0.15, -0.1) is 0 Å². The van der Waals surface area contributed by atoms with Gasteiger partial charge in [-0.2, -0.15) is 0 Å². The van der Waals surface area contributed by atoms with Crippen molar-refractivity contribution in [1.82, 2.24) is 0 Å². The monoisotopic (exact) mass is 328 g/mol. The summed E-state index contributed by atoms with van der Waals surface area (Å²) in [4.78, 5) is 0. The predicted molar refractivity (Wildman–Crippen MR) is 97.1 cm³/mol. The summed E-state index contributed by atoms with van der Waals surface area (Å²) in [5.74, 6) is 3.70. The highest BCUT2D eigenvalue weighted by molar-refractivity contribution is 5.27. The van der Waals surface area contributed by atoms with Crippen LogP contribution in [0.5, 0.6) is 5.75 Å². The van der Waals surface area contributed by atoms with E-state index in [2.05, 4.69) is 45.0 Å². The van der Waals surface area contributed by atoms with Crippen molar-refractivity contribution in [1.29, 1.82) is 0 Å². The lowest BCUT2D eigenvalue weighted by atomic mass is 9.54. The van der Waals surface area contributed by atoms with Gasteiger partial charge in [0.15, 0.2) is 6.79 Å². The first kappa shape index (κ1) is 16.4. The standard InChI is InChI=1S/C22H32O2/c1-21(2,3)11-16-4-6-20(7-5-16)23-15-24-22-12-17-8-18(13-22)10-19(9-17)14-22/h4-7,17-19H,8-15H2,1-3H3. The largest absolute Gasteiger partial charge is 0.468 e. The first-order chi connectivity index (χ1) is 11.4. The third kappa shape index (κ3) is 3.64. The molecule has 0 N–H and O–H groups in total. The highest BCUT2D eigenvalue weighted by atomic mass is 16.7. The van der Waals surface area contributed by atoms with E-state index in [0.717, 1.165) is 29.9 Å². The molecule has 4 saturated carbocycles. The van der Waals surface area contributed by atoms with Crippen LogP contribution in [0.1, 0.15) is 64.9 Å². The lowest BCUT2D eigenvalue weighted by Gasteiger charge is -2.56. The molecule has 0 amide bonds. The molecule has 5 rings (SSSR count). The Kier molecular flexibility index (Phi) is 4.15. The van der Waals surface area contributed by atoms with E-state index in [0.29, 0.717) is 12.2 Å². The van der Waals surface area contributed by atoms with Gasteiger partial charge in [0.05, 0.1) is 5.60 Å². The summed E-state index contributed by atoms with van der Waals surface area (Å²) in [6, 6.07) is 8.55. The molecule has 0 unspecified atom stereocenters. The summed E-state index contributed by atoms with van der Waals surface area (Å²) >= 11 is 0. The van der Waals surface area contributed by atoms with Crippen molar-refractivity contribution >= 4 is 0 Å². The van der Waals surface area contributed by atoms with Gasteiger partial charge >= 0.3 is 0 Å². The molecule has 0 aliphatic heterocycles. The second-order valence-electron chi connectivity index (χ2n) is 9.89. The normalized spacial score (nSPS) is 34.5. The highest BCUT2D eigenvalue weighted by Crippen LogP contribution is 2.57. The van der Waals surface area contributed by atoms with E-state index in [1.54, 1.807) is 0 Å². The van der Waals surface area contributed by atoms with E-state index in [1.807, 2.05) is 0 Å². The molecule has 4 aliphatic rings. The minimum Gasteiger partial charge on any atom is -0.468 e. The molecule has 0 radical (unpaired) electrons. The fraction of sp³-hybridized carbons (Fsp3) is 0.727. The van der Waals surface area contributed by atoms with Crippen LogP contribution in [0.2, 0.25) is 0 Å². The number of benzene rings is 1. The van der Waals surface area contributed by atoms with Gasteiger partial charge in [0, 0.05) is 0 Å². The molecule has 1 aromatic carbocycles. The molecule has 0 heterocycles. The van der Waals surface area contributed by atoms with Crippen LogP contribution in [0, 0.1) is 23.2 Å². The van der Waals surface area contributed by atoms with Gasteiger partial charge in [0.25, 0.3) is 0 Å². The van der Waals surface area contributed by atoms with Crippen LogP contribution in [-0.4, -0.2) is 12.4 Å². The Bertz CT molecular complexity index is 531. The van der Waals surface area contributed by atoms with Crippen LogP contribution in [0.4, 0.5) is 0 Å². The zero-order valence-corrected chi connectivity index (χ0v) is 15.5. The molecule has 0 saturated heterocycles. The quantitative estimate of drug-likeness (QED) is 0.655. The van der Waals surface area contributed by atoms with Gasteiger partial charge in [-0.1, -0.05) is 32.9 Å². The summed E-state index contributed by atoms with van der Waals surface area (Å²) in [5, 5.41) is 0. The van der Waals surface area contributed by atoms with E-state index < -0.39 is 0 Å². The number of hydrogen-bond donors (Lipinski definition) is 0. The van der Waals surface area contributed by atoms with Crippen molar-refractivity contribution in [2.75, 3.05) is 6.79 Å². The maximum absolute atomic E-state index is 6.33. The maximum Gasteiger partial charge on any atom is 0.189 e. The number of hydrogen-bond acceptors (Lipinski definition) is 2. The lowest BCUT2D eigenvalue weighted by molar-refractivity contribution is -0.190. The summed E-state index contributed by atoms with van der Waals surface area (Å²) in [6.07, 6.45) is 9.28. The molecule has 2 nitrogen and oxygen atoms in total. The molecule has 0 aromatic heterocycles. The Labute approximate surface area is 146 Å². The number of ether oxygens (including phenoxy) is 2. The van der Waals surface area contributed by atoms with Gasteiger partial charge in [-0.3, -0.25) is 0 Å². The average Bonchev–Trinajstić information content (AvgIpc) is 2.46. The molecule has 0 atom stereocenters. The topological polar surface area (TPSA) is 18.5 Å². The van der Waals surface area contributed by atoms with E-state index in [4.69, 9.17) is 9.47 Å². The molecular formula is C22H32O2. The Morgan fingerprint density at radius 1 is 0.917 bits per heavy atom. The fourth-order valence-electron chi connectivity index (χ4n) is 5.75. The van der Waals surface area contributed by atoms with Gasteiger partial charge < -0.3 is 9.47 Å². The van der Waals surface area contributed by atoms with Crippen molar-refractivity contribution in [3.05, 3.63) is 29.8 Å².